The molecule has 0 aliphatic carbocycles. The Kier molecular flexibility index (Phi) is 7.90. The molecule has 36 heavy (non-hydrogen) atoms. The summed E-state index contributed by atoms with van der Waals surface area (Å²) < 4.78 is 24.6. The van der Waals surface area contributed by atoms with Gasteiger partial charge in [0.05, 0.1) is 15.3 Å². The van der Waals surface area contributed by atoms with Crippen molar-refractivity contribution < 1.29 is 18.7 Å². The topological polar surface area (TPSA) is 105 Å². The molecule has 8 nitrogen and oxygen atoms in total. The molecule has 0 unspecified atom stereocenters. The van der Waals surface area contributed by atoms with Crippen LogP contribution in [0.4, 0.5) is 14.9 Å². The Labute approximate surface area is 218 Å². The molecule has 0 fully saturated rings. The summed E-state index contributed by atoms with van der Waals surface area (Å²) in [6.07, 6.45) is 0.732. The molecule has 2 amide bonds. The first kappa shape index (κ1) is 27.7. The number of hydrogen-bond acceptors (Lipinski definition) is 6. The molecule has 0 spiro atoms. The van der Waals surface area contributed by atoms with Crippen LogP contribution in [0, 0.1) is 5.82 Å². The Morgan fingerprint density at radius 1 is 1.17 bits per heavy atom. The predicted octanol–water partition coefficient (Wildman–Crippen LogP) is 5.49. The summed E-state index contributed by atoms with van der Waals surface area (Å²) in [5.74, 6) is -0.167. The van der Waals surface area contributed by atoms with Gasteiger partial charge in [-0.05, 0) is 71.9 Å². The molecule has 0 saturated carbocycles. The number of aromatic nitrogens is 1. The van der Waals surface area contributed by atoms with E-state index in [1.54, 1.807) is 46.9 Å². The summed E-state index contributed by atoms with van der Waals surface area (Å²) in [5, 5.41) is 5.92. The molecule has 0 saturated heterocycles. The van der Waals surface area contributed by atoms with Crippen molar-refractivity contribution in [3.63, 3.8) is 0 Å². The van der Waals surface area contributed by atoms with Crippen LogP contribution in [0.1, 0.15) is 57.6 Å². The Morgan fingerprint density at radius 3 is 2.44 bits per heavy atom. The maximum atomic E-state index is 15.2. The first-order valence-corrected chi connectivity index (χ1v) is 13.0. The average Bonchev–Trinajstić information content (AvgIpc) is 2.76. The lowest BCUT2D eigenvalue weighted by molar-refractivity contribution is 0.0560. The summed E-state index contributed by atoms with van der Waals surface area (Å²) >= 11 is 5.85. The van der Waals surface area contributed by atoms with Gasteiger partial charge in [0.1, 0.15) is 22.9 Å². The molecule has 2 aromatic rings. The zero-order chi connectivity index (χ0) is 26.9. The third kappa shape index (κ3) is 6.28. The second-order valence-corrected chi connectivity index (χ2v) is 12.9. The summed E-state index contributed by atoms with van der Waals surface area (Å²) in [6.45, 7) is 11.0. The number of benzene rings is 1. The minimum atomic E-state index is -1.06. The minimum Gasteiger partial charge on any atom is -0.444 e. The van der Waals surface area contributed by atoms with Gasteiger partial charge in [-0.15, -0.1) is 0 Å². The molecule has 0 bridgehead atoms. The van der Waals surface area contributed by atoms with Crippen molar-refractivity contribution in [2.24, 2.45) is 9.36 Å². The van der Waals surface area contributed by atoms with Crippen LogP contribution in [0.3, 0.4) is 0 Å². The van der Waals surface area contributed by atoms with Crippen molar-refractivity contribution in [1.82, 2.24) is 10.3 Å². The van der Waals surface area contributed by atoms with Crippen molar-refractivity contribution in [1.29, 1.82) is 0 Å². The molecule has 1 aromatic heterocycles. The van der Waals surface area contributed by atoms with E-state index in [-0.39, 0.29) is 11.3 Å². The molecule has 2 heterocycles. The standard InChI is InChI=1S/C25H31ClFN5O3S/c1-23(2,3)35-22(34)31-21-24(4,5)36(28-7)14-25(6,32-21)17-12-16(9-10-18(17)27)30-20(33)19-11-8-15(26)13-29-19/h8-13H,14H2,1-7H3,(H,30,33)(H,31,32,34)/t25-,36-/m0/s1. The van der Waals surface area contributed by atoms with E-state index in [4.69, 9.17) is 21.3 Å². The molecule has 1 aromatic carbocycles. The van der Waals surface area contributed by atoms with Crippen LogP contribution in [-0.4, -0.2) is 46.0 Å². The predicted molar refractivity (Wildman–Crippen MR) is 142 cm³/mol. The largest absolute Gasteiger partial charge is 0.444 e. The van der Waals surface area contributed by atoms with Gasteiger partial charge < -0.3 is 10.1 Å². The van der Waals surface area contributed by atoms with Crippen molar-refractivity contribution in [3.8, 4) is 0 Å². The third-order valence-corrected chi connectivity index (χ3v) is 8.41. The lowest BCUT2D eigenvalue weighted by Gasteiger charge is -2.41. The quantitative estimate of drug-likeness (QED) is 0.542. The number of pyridine rings is 1. The summed E-state index contributed by atoms with van der Waals surface area (Å²) in [5.41, 5.74) is -0.939. The Morgan fingerprint density at radius 2 is 1.86 bits per heavy atom. The fraction of sp³-hybridized carbons (Fsp3) is 0.440. The van der Waals surface area contributed by atoms with Gasteiger partial charge in [-0.3, -0.25) is 19.5 Å². The molecule has 194 valence electrons. The number of anilines is 1. The van der Waals surface area contributed by atoms with E-state index in [9.17, 15) is 9.59 Å². The highest BCUT2D eigenvalue weighted by Gasteiger charge is 2.44. The number of ether oxygens (including phenoxy) is 1. The van der Waals surface area contributed by atoms with Crippen LogP contribution in [0.5, 0.6) is 0 Å². The zero-order valence-electron chi connectivity index (χ0n) is 21.4. The average molecular weight is 536 g/mol. The SMILES string of the molecule is CN=[S@]1C[C@@](C)(c2cc(NC(=O)c3ccc(Cl)cn3)ccc2F)N=C(NC(=O)OC(C)(C)C)C1(C)C. The molecule has 2 atom stereocenters. The number of carbonyl (C=O) groups is 2. The van der Waals surface area contributed by atoms with Gasteiger partial charge in [-0.25, -0.2) is 14.2 Å². The highest BCUT2D eigenvalue weighted by Crippen LogP contribution is 2.38. The minimum absolute atomic E-state index is 0.170. The van der Waals surface area contributed by atoms with E-state index in [1.807, 2.05) is 13.8 Å². The third-order valence-electron chi connectivity index (χ3n) is 5.54. The van der Waals surface area contributed by atoms with Crippen molar-refractivity contribution >= 4 is 45.8 Å². The molecule has 2 N–H and O–H groups in total. The van der Waals surface area contributed by atoms with Crippen molar-refractivity contribution in [2.75, 3.05) is 18.1 Å². The highest BCUT2D eigenvalue weighted by molar-refractivity contribution is 7.89. The van der Waals surface area contributed by atoms with E-state index >= 15 is 4.39 Å². The summed E-state index contributed by atoms with van der Waals surface area (Å²) in [6, 6.07) is 7.36. The van der Waals surface area contributed by atoms with Crippen LogP contribution >= 0.6 is 11.6 Å². The molecular formula is C25H31ClFN5O3S. The first-order valence-electron chi connectivity index (χ1n) is 11.3. The van der Waals surface area contributed by atoms with Gasteiger partial charge in [0.25, 0.3) is 5.91 Å². The number of rotatable bonds is 3. The number of hydrogen-bond donors (Lipinski definition) is 2. The van der Waals surface area contributed by atoms with Crippen molar-refractivity contribution in [2.45, 2.75) is 57.4 Å². The van der Waals surface area contributed by atoms with E-state index in [2.05, 4.69) is 20.0 Å². The number of nitrogens with zero attached hydrogens (tertiary/aromatic N) is 3. The van der Waals surface area contributed by atoms with Gasteiger partial charge >= 0.3 is 6.09 Å². The van der Waals surface area contributed by atoms with Crippen LogP contribution in [0.25, 0.3) is 0 Å². The first-order chi connectivity index (χ1) is 16.6. The van der Waals surface area contributed by atoms with Gasteiger partial charge in [0.2, 0.25) is 0 Å². The van der Waals surface area contributed by atoms with Crippen LogP contribution < -0.4 is 10.6 Å². The van der Waals surface area contributed by atoms with Gasteiger partial charge in [-0.1, -0.05) is 22.3 Å². The highest BCUT2D eigenvalue weighted by atomic mass is 35.5. The van der Waals surface area contributed by atoms with Gasteiger partial charge in [0.15, 0.2) is 0 Å². The molecule has 1 aliphatic heterocycles. The van der Waals surface area contributed by atoms with Crippen LogP contribution in [0.15, 0.2) is 45.9 Å². The number of alkyl carbamates (subject to hydrolysis) is 1. The smallest absolute Gasteiger partial charge is 0.413 e. The Hall–Kier alpha value is -2.85. The number of halogens is 2. The molecule has 3 rings (SSSR count). The Bertz CT molecular complexity index is 1240. The monoisotopic (exact) mass is 535 g/mol. The summed E-state index contributed by atoms with van der Waals surface area (Å²) in [4.78, 5) is 34.1. The van der Waals surface area contributed by atoms with Crippen molar-refractivity contribution in [3.05, 3.63) is 58.6 Å². The van der Waals surface area contributed by atoms with E-state index in [0.717, 1.165) is 0 Å². The molecular weight excluding hydrogens is 505 g/mol. The van der Waals surface area contributed by atoms with E-state index in [0.29, 0.717) is 22.3 Å². The Balaban J connectivity index is 1.99. The second-order valence-electron chi connectivity index (χ2n) is 10.1. The summed E-state index contributed by atoms with van der Waals surface area (Å²) in [7, 11) is 1.09. The molecule has 1 aliphatic rings. The van der Waals surface area contributed by atoms with Crippen LogP contribution in [-0.2, 0) is 21.0 Å². The number of aliphatic imine (C=N–C) groups is 1. The number of nitrogens with one attached hydrogen (secondary N) is 2. The second kappa shape index (κ2) is 10.3. The van der Waals surface area contributed by atoms with Gasteiger partial charge in [-0.2, -0.15) is 0 Å². The maximum Gasteiger partial charge on any atom is 0.413 e. The molecule has 11 heteroatoms. The van der Waals surface area contributed by atoms with Crippen LogP contribution in [0.2, 0.25) is 5.02 Å². The van der Waals surface area contributed by atoms with Gasteiger partial charge in [0, 0.05) is 30.2 Å². The van der Waals surface area contributed by atoms with E-state index < -0.39 is 44.4 Å². The number of carbonyl (C=O) groups excluding carboxylic acids is 2. The fourth-order valence-corrected chi connectivity index (χ4v) is 5.83. The maximum absolute atomic E-state index is 15.2. The lowest BCUT2D eigenvalue weighted by Crippen LogP contribution is -2.55. The zero-order valence-corrected chi connectivity index (χ0v) is 23.0. The fourth-order valence-electron chi connectivity index (χ4n) is 3.70. The van der Waals surface area contributed by atoms with E-state index in [1.165, 1.54) is 24.4 Å². The lowest BCUT2D eigenvalue weighted by atomic mass is 9.92. The number of amidine groups is 1. The normalized spacial score (nSPS) is 21.5. The number of amides is 2. The molecule has 0 radical (unpaired) electrons.